The third-order valence-electron chi connectivity index (χ3n) is 4.38. The number of carbonyl (C=O) groups excluding carboxylic acids is 1. The number of rotatable bonds is 6. The summed E-state index contributed by atoms with van der Waals surface area (Å²) in [5, 5.41) is 7.05. The van der Waals surface area contributed by atoms with Crippen molar-refractivity contribution in [2.45, 2.75) is 25.5 Å². The SMILES string of the molecule is COc1ccc(OC)c(C(C)NC(=O)C2CC(c3cccc(Br)c3)=NO2)c1. The molecule has 0 saturated heterocycles. The van der Waals surface area contributed by atoms with Gasteiger partial charge in [-0.15, -0.1) is 0 Å². The zero-order chi connectivity index (χ0) is 19.4. The monoisotopic (exact) mass is 432 g/mol. The summed E-state index contributed by atoms with van der Waals surface area (Å²) in [4.78, 5) is 18.0. The first-order chi connectivity index (χ1) is 13.0. The van der Waals surface area contributed by atoms with Crippen LogP contribution in [0.25, 0.3) is 0 Å². The summed E-state index contributed by atoms with van der Waals surface area (Å²) in [6.07, 6.45) is -0.234. The van der Waals surface area contributed by atoms with Crippen molar-refractivity contribution in [3.05, 3.63) is 58.1 Å². The molecule has 0 aromatic heterocycles. The van der Waals surface area contributed by atoms with Gasteiger partial charge in [0.05, 0.1) is 26.0 Å². The van der Waals surface area contributed by atoms with Gasteiger partial charge in [0.15, 0.2) is 0 Å². The highest BCUT2D eigenvalue weighted by Gasteiger charge is 2.30. The number of hydrogen-bond acceptors (Lipinski definition) is 5. The van der Waals surface area contributed by atoms with Gasteiger partial charge in [-0.1, -0.05) is 33.2 Å². The Bertz CT molecular complexity index is 869. The molecule has 0 radical (unpaired) electrons. The largest absolute Gasteiger partial charge is 0.497 e. The van der Waals surface area contributed by atoms with Gasteiger partial charge in [-0.3, -0.25) is 4.79 Å². The molecule has 1 N–H and O–H groups in total. The van der Waals surface area contributed by atoms with Crippen LogP contribution in [0.5, 0.6) is 11.5 Å². The topological polar surface area (TPSA) is 69.2 Å². The number of hydrogen-bond donors (Lipinski definition) is 1. The molecule has 2 aromatic rings. The number of amides is 1. The van der Waals surface area contributed by atoms with Crippen molar-refractivity contribution < 1.29 is 19.1 Å². The minimum Gasteiger partial charge on any atom is -0.497 e. The predicted octanol–water partition coefficient (Wildman–Crippen LogP) is 3.84. The highest BCUT2D eigenvalue weighted by Crippen LogP contribution is 2.29. The van der Waals surface area contributed by atoms with E-state index in [1.165, 1.54) is 0 Å². The molecule has 2 aromatic carbocycles. The average Bonchev–Trinajstić information content (AvgIpc) is 3.17. The van der Waals surface area contributed by atoms with Gasteiger partial charge < -0.3 is 19.6 Å². The number of benzene rings is 2. The van der Waals surface area contributed by atoms with Crippen LogP contribution in [-0.4, -0.2) is 31.9 Å². The number of methoxy groups -OCH3 is 2. The lowest BCUT2D eigenvalue weighted by Gasteiger charge is -2.19. The zero-order valence-electron chi connectivity index (χ0n) is 15.4. The Hall–Kier alpha value is -2.54. The summed E-state index contributed by atoms with van der Waals surface area (Å²) in [5.74, 6) is 1.16. The molecule has 0 saturated carbocycles. The van der Waals surface area contributed by atoms with Gasteiger partial charge in [0.2, 0.25) is 6.10 Å². The number of nitrogens with zero attached hydrogens (tertiary/aromatic N) is 1. The molecular formula is C20H21BrN2O4. The Labute approximate surface area is 166 Å². The third kappa shape index (κ3) is 4.42. The first kappa shape index (κ1) is 19.2. The van der Waals surface area contributed by atoms with Crippen molar-refractivity contribution in [1.82, 2.24) is 5.32 Å². The van der Waals surface area contributed by atoms with Crippen molar-refractivity contribution in [1.29, 1.82) is 0 Å². The lowest BCUT2D eigenvalue weighted by molar-refractivity contribution is -0.131. The molecule has 1 aliphatic rings. The Morgan fingerprint density at radius 2 is 2.07 bits per heavy atom. The lowest BCUT2D eigenvalue weighted by Crippen LogP contribution is -2.36. The van der Waals surface area contributed by atoms with Crippen molar-refractivity contribution in [2.75, 3.05) is 14.2 Å². The van der Waals surface area contributed by atoms with E-state index < -0.39 is 6.10 Å². The van der Waals surface area contributed by atoms with Crippen LogP contribution in [0, 0.1) is 0 Å². The van der Waals surface area contributed by atoms with E-state index in [4.69, 9.17) is 14.3 Å². The highest BCUT2D eigenvalue weighted by molar-refractivity contribution is 9.10. The van der Waals surface area contributed by atoms with Gasteiger partial charge in [0, 0.05) is 22.0 Å². The zero-order valence-corrected chi connectivity index (χ0v) is 16.9. The molecular weight excluding hydrogens is 412 g/mol. The summed E-state index contributed by atoms with van der Waals surface area (Å²) < 4.78 is 11.6. The van der Waals surface area contributed by atoms with E-state index in [1.807, 2.05) is 49.4 Å². The molecule has 0 spiro atoms. The Kier molecular flexibility index (Phi) is 6.01. The fourth-order valence-electron chi connectivity index (χ4n) is 2.92. The molecule has 142 valence electrons. The molecule has 2 unspecified atom stereocenters. The van der Waals surface area contributed by atoms with E-state index in [9.17, 15) is 4.79 Å². The van der Waals surface area contributed by atoms with Gasteiger partial charge in [-0.2, -0.15) is 0 Å². The Morgan fingerprint density at radius 1 is 1.26 bits per heavy atom. The van der Waals surface area contributed by atoms with Crippen LogP contribution in [0.15, 0.2) is 52.1 Å². The van der Waals surface area contributed by atoms with Crippen LogP contribution in [0.3, 0.4) is 0 Å². The van der Waals surface area contributed by atoms with E-state index in [0.29, 0.717) is 17.9 Å². The quantitative estimate of drug-likeness (QED) is 0.752. The molecule has 0 aliphatic carbocycles. The molecule has 6 nitrogen and oxygen atoms in total. The van der Waals surface area contributed by atoms with Crippen LogP contribution in [0.1, 0.15) is 30.5 Å². The predicted molar refractivity (Wildman–Crippen MR) is 106 cm³/mol. The Balaban J connectivity index is 1.66. The fraction of sp³-hybridized carbons (Fsp3) is 0.300. The van der Waals surface area contributed by atoms with Crippen molar-refractivity contribution in [3.63, 3.8) is 0 Å². The smallest absolute Gasteiger partial charge is 0.264 e. The minimum absolute atomic E-state index is 0.221. The molecule has 2 atom stereocenters. The van der Waals surface area contributed by atoms with Gasteiger partial charge in [-0.05, 0) is 37.3 Å². The van der Waals surface area contributed by atoms with Crippen LogP contribution in [-0.2, 0) is 9.63 Å². The Morgan fingerprint density at radius 3 is 2.78 bits per heavy atom. The first-order valence-electron chi connectivity index (χ1n) is 8.52. The van der Waals surface area contributed by atoms with Crippen molar-refractivity contribution >= 4 is 27.5 Å². The summed E-state index contributed by atoms with van der Waals surface area (Å²) in [6, 6.07) is 13.0. The normalized spacial score (nSPS) is 16.9. The summed E-state index contributed by atoms with van der Waals surface area (Å²) in [6.45, 7) is 1.89. The number of carbonyl (C=O) groups is 1. The molecule has 7 heteroatoms. The lowest BCUT2D eigenvalue weighted by atomic mass is 10.0. The molecule has 0 fully saturated rings. The van der Waals surface area contributed by atoms with E-state index in [-0.39, 0.29) is 11.9 Å². The summed E-state index contributed by atoms with van der Waals surface area (Å²) >= 11 is 3.44. The second-order valence-electron chi connectivity index (χ2n) is 6.18. The molecule has 1 heterocycles. The third-order valence-corrected chi connectivity index (χ3v) is 4.87. The summed E-state index contributed by atoms with van der Waals surface area (Å²) in [7, 11) is 3.19. The second-order valence-corrected chi connectivity index (χ2v) is 7.10. The molecule has 3 rings (SSSR count). The fourth-order valence-corrected chi connectivity index (χ4v) is 3.32. The molecule has 0 bridgehead atoms. The first-order valence-corrected chi connectivity index (χ1v) is 9.32. The summed E-state index contributed by atoms with van der Waals surface area (Å²) in [5.41, 5.74) is 2.52. The highest BCUT2D eigenvalue weighted by atomic mass is 79.9. The molecule has 1 amide bonds. The van der Waals surface area contributed by atoms with E-state index in [1.54, 1.807) is 14.2 Å². The van der Waals surface area contributed by atoms with Crippen molar-refractivity contribution in [3.8, 4) is 11.5 Å². The van der Waals surface area contributed by atoms with E-state index in [0.717, 1.165) is 21.3 Å². The van der Waals surface area contributed by atoms with Gasteiger partial charge in [0.1, 0.15) is 11.5 Å². The minimum atomic E-state index is -0.655. The van der Waals surface area contributed by atoms with Gasteiger partial charge in [0.25, 0.3) is 5.91 Å². The maximum atomic E-state index is 12.6. The van der Waals surface area contributed by atoms with Gasteiger partial charge >= 0.3 is 0 Å². The van der Waals surface area contributed by atoms with Gasteiger partial charge in [-0.25, -0.2) is 0 Å². The van der Waals surface area contributed by atoms with Crippen LogP contribution >= 0.6 is 15.9 Å². The van der Waals surface area contributed by atoms with E-state index >= 15 is 0 Å². The maximum absolute atomic E-state index is 12.6. The average molecular weight is 433 g/mol. The van der Waals surface area contributed by atoms with Crippen LogP contribution in [0.2, 0.25) is 0 Å². The van der Waals surface area contributed by atoms with Crippen LogP contribution < -0.4 is 14.8 Å². The number of ether oxygens (including phenoxy) is 2. The maximum Gasteiger partial charge on any atom is 0.264 e. The second kappa shape index (κ2) is 8.43. The standard InChI is InChI=1S/C20H21BrN2O4/c1-12(16-10-15(25-2)7-8-18(16)26-3)22-20(24)19-11-17(23-27-19)13-5-4-6-14(21)9-13/h4-10,12,19H,11H2,1-3H3,(H,22,24). The number of halogens is 1. The number of oxime groups is 1. The van der Waals surface area contributed by atoms with Crippen molar-refractivity contribution in [2.24, 2.45) is 5.16 Å². The number of nitrogens with one attached hydrogen (secondary N) is 1. The molecule has 27 heavy (non-hydrogen) atoms. The van der Waals surface area contributed by atoms with E-state index in [2.05, 4.69) is 26.4 Å². The van der Waals surface area contributed by atoms with Crippen LogP contribution in [0.4, 0.5) is 0 Å². The molecule has 1 aliphatic heterocycles.